The van der Waals surface area contributed by atoms with Crippen LogP contribution in [0.15, 0.2) is 24.5 Å². The van der Waals surface area contributed by atoms with Crippen LogP contribution in [0.5, 0.6) is 0 Å². The first kappa shape index (κ1) is 13.4. The Kier molecular flexibility index (Phi) is 3.17. The minimum atomic E-state index is -0.390. The fourth-order valence-corrected chi connectivity index (χ4v) is 3.09. The number of carbonyl (C=O) groups is 1. The summed E-state index contributed by atoms with van der Waals surface area (Å²) < 4.78 is 13.2. The number of hydrogen-bond donors (Lipinski definition) is 1. The van der Waals surface area contributed by atoms with Gasteiger partial charge in [0.2, 0.25) is 5.91 Å². The SMILES string of the molecule is O=C1CC(CNc2ccnc3cc(F)cnc23)CN1C1CC1. The molecule has 2 aliphatic rings. The third kappa shape index (κ3) is 2.49. The summed E-state index contributed by atoms with van der Waals surface area (Å²) in [5.74, 6) is 0.199. The molecule has 1 unspecified atom stereocenters. The highest BCUT2D eigenvalue weighted by molar-refractivity contribution is 5.87. The Balaban J connectivity index is 1.47. The van der Waals surface area contributed by atoms with Crippen LogP contribution in [0.2, 0.25) is 0 Å². The molecule has 1 aliphatic heterocycles. The normalized spacial score (nSPS) is 21.6. The second-order valence-corrected chi connectivity index (χ2v) is 6.11. The Labute approximate surface area is 127 Å². The van der Waals surface area contributed by atoms with Crippen LogP contribution < -0.4 is 5.32 Å². The van der Waals surface area contributed by atoms with Crippen LogP contribution in [0.25, 0.3) is 11.0 Å². The molecule has 1 saturated heterocycles. The molecule has 1 atom stereocenters. The summed E-state index contributed by atoms with van der Waals surface area (Å²) >= 11 is 0. The van der Waals surface area contributed by atoms with Crippen molar-refractivity contribution in [1.29, 1.82) is 0 Å². The molecule has 0 bridgehead atoms. The van der Waals surface area contributed by atoms with E-state index in [2.05, 4.69) is 15.3 Å². The number of amides is 1. The molecule has 3 heterocycles. The number of nitrogens with one attached hydrogen (secondary N) is 1. The molecule has 1 N–H and O–H groups in total. The first-order valence-corrected chi connectivity index (χ1v) is 7.64. The number of nitrogens with zero attached hydrogens (tertiary/aromatic N) is 3. The lowest BCUT2D eigenvalue weighted by Gasteiger charge is -2.16. The molecule has 2 fully saturated rings. The second-order valence-electron chi connectivity index (χ2n) is 6.11. The number of hydrogen-bond acceptors (Lipinski definition) is 4. The molecule has 1 aliphatic carbocycles. The van der Waals surface area contributed by atoms with Gasteiger partial charge < -0.3 is 10.2 Å². The van der Waals surface area contributed by atoms with Gasteiger partial charge in [0.25, 0.3) is 0 Å². The average Bonchev–Trinajstić information content (AvgIpc) is 3.28. The quantitative estimate of drug-likeness (QED) is 0.940. The molecule has 4 rings (SSSR count). The van der Waals surface area contributed by atoms with Gasteiger partial charge in [0.15, 0.2) is 0 Å². The molecule has 0 spiro atoms. The molecule has 22 heavy (non-hydrogen) atoms. The summed E-state index contributed by atoms with van der Waals surface area (Å²) in [6.07, 6.45) is 5.74. The van der Waals surface area contributed by atoms with Gasteiger partial charge in [-0.25, -0.2) is 9.37 Å². The van der Waals surface area contributed by atoms with Gasteiger partial charge in [0, 0.05) is 43.7 Å². The predicted octanol–water partition coefficient (Wildman–Crippen LogP) is 2.19. The van der Waals surface area contributed by atoms with E-state index in [1.807, 2.05) is 11.0 Å². The lowest BCUT2D eigenvalue weighted by atomic mass is 10.1. The van der Waals surface area contributed by atoms with Crippen molar-refractivity contribution in [2.45, 2.75) is 25.3 Å². The number of carbonyl (C=O) groups excluding carboxylic acids is 1. The van der Waals surface area contributed by atoms with E-state index in [1.165, 1.54) is 12.3 Å². The van der Waals surface area contributed by atoms with Crippen LogP contribution >= 0.6 is 0 Å². The van der Waals surface area contributed by atoms with Gasteiger partial charge in [0.05, 0.1) is 17.4 Å². The number of aromatic nitrogens is 2. The molecular formula is C16H17FN4O. The molecule has 1 amide bonds. The van der Waals surface area contributed by atoms with Crippen LogP contribution in [0.1, 0.15) is 19.3 Å². The van der Waals surface area contributed by atoms with Crippen molar-refractivity contribution in [1.82, 2.24) is 14.9 Å². The zero-order chi connectivity index (χ0) is 15.1. The molecule has 114 valence electrons. The third-order valence-corrected chi connectivity index (χ3v) is 4.35. The molecule has 2 aromatic rings. The van der Waals surface area contributed by atoms with Crippen LogP contribution in [-0.2, 0) is 4.79 Å². The van der Waals surface area contributed by atoms with Gasteiger partial charge in [-0.15, -0.1) is 0 Å². The maximum absolute atomic E-state index is 13.2. The van der Waals surface area contributed by atoms with E-state index < -0.39 is 5.82 Å². The minimum Gasteiger partial charge on any atom is -0.383 e. The van der Waals surface area contributed by atoms with E-state index in [9.17, 15) is 9.18 Å². The topological polar surface area (TPSA) is 58.1 Å². The largest absolute Gasteiger partial charge is 0.383 e. The lowest BCUT2D eigenvalue weighted by Crippen LogP contribution is -2.28. The van der Waals surface area contributed by atoms with Crippen molar-refractivity contribution in [2.75, 3.05) is 18.4 Å². The van der Waals surface area contributed by atoms with Gasteiger partial charge in [0.1, 0.15) is 11.3 Å². The van der Waals surface area contributed by atoms with Crippen molar-refractivity contribution in [3.8, 4) is 0 Å². The van der Waals surface area contributed by atoms with E-state index in [4.69, 9.17) is 0 Å². The van der Waals surface area contributed by atoms with Crippen molar-refractivity contribution < 1.29 is 9.18 Å². The van der Waals surface area contributed by atoms with Crippen LogP contribution in [0.3, 0.4) is 0 Å². The highest BCUT2D eigenvalue weighted by Crippen LogP contribution is 2.32. The fourth-order valence-electron chi connectivity index (χ4n) is 3.09. The standard InChI is InChI=1S/C16H17FN4O/c17-11-6-14-16(20-8-11)13(3-4-18-14)19-7-10-5-15(22)21(9-10)12-1-2-12/h3-4,6,8,10,12H,1-2,5,7,9H2,(H,18,19). The molecule has 6 heteroatoms. The highest BCUT2D eigenvalue weighted by atomic mass is 19.1. The highest BCUT2D eigenvalue weighted by Gasteiger charge is 2.39. The number of anilines is 1. The summed E-state index contributed by atoms with van der Waals surface area (Å²) in [6.45, 7) is 1.55. The van der Waals surface area contributed by atoms with Gasteiger partial charge in [-0.05, 0) is 18.9 Å². The molecule has 1 saturated carbocycles. The van der Waals surface area contributed by atoms with Crippen LogP contribution in [0, 0.1) is 11.7 Å². The maximum atomic E-state index is 13.2. The Morgan fingerprint density at radius 1 is 1.36 bits per heavy atom. The Morgan fingerprint density at radius 2 is 2.23 bits per heavy atom. The fraction of sp³-hybridized carbons (Fsp3) is 0.438. The maximum Gasteiger partial charge on any atom is 0.223 e. The zero-order valence-corrected chi connectivity index (χ0v) is 12.1. The summed E-state index contributed by atoms with van der Waals surface area (Å²) in [6, 6.07) is 3.70. The molecular weight excluding hydrogens is 283 g/mol. The number of halogens is 1. The van der Waals surface area contributed by atoms with Crippen molar-refractivity contribution >= 4 is 22.6 Å². The van der Waals surface area contributed by atoms with E-state index in [1.54, 1.807) is 6.20 Å². The van der Waals surface area contributed by atoms with Crippen LogP contribution in [0.4, 0.5) is 10.1 Å². The van der Waals surface area contributed by atoms with Crippen molar-refractivity contribution in [2.24, 2.45) is 5.92 Å². The minimum absolute atomic E-state index is 0.272. The molecule has 0 radical (unpaired) electrons. The zero-order valence-electron chi connectivity index (χ0n) is 12.1. The summed E-state index contributed by atoms with van der Waals surface area (Å²) in [7, 11) is 0. The second kappa shape index (κ2) is 5.19. The monoisotopic (exact) mass is 300 g/mol. The van der Waals surface area contributed by atoms with E-state index in [-0.39, 0.29) is 5.91 Å². The molecule has 0 aromatic carbocycles. The number of rotatable bonds is 4. The van der Waals surface area contributed by atoms with Crippen LogP contribution in [-0.4, -0.2) is 39.9 Å². The predicted molar refractivity (Wildman–Crippen MR) is 80.8 cm³/mol. The number of fused-ring (bicyclic) bond motifs is 1. The van der Waals surface area contributed by atoms with Crippen molar-refractivity contribution in [3.05, 3.63) is 30.3 Å². The first-order valence-electron chi connectivity index (χ1n) is 7.64. The smallest absolute Gasteiger partial charge is 0.223 e. The van der Waals surface area contributed by atoms with E-state index >= 15 is 0 Å². The Morgan fingerprint density at radius 3 is 3.05 bits per heavy atom. The number of likely N-dealkylation sites (tertiary alicyclic amines) is 1. The van der Waals surface area contributed by atoms with Crippen molar-refractivity contribution in [3.63, 3.8) is 0 Å². The Bertz CT molecular complexity index is 731. The average molecular weight is 300 g/mol. The lowest BCUT2D eigenvalue weighted by molar-refractivity contribution is -0.128. The summed E-state index contributed by atoms with van der Waals surface area (Å²) in [4.78, 5) is 22.2. The molecule has 2 aromatic heterocycles. The van der Waals surface area contributed by atoms with E-state index in [0.29, 0.717) is 36.0 Å². The first-order chi connectivity index (χ1) is 10.7. The molecule has 5 nitrogen and oxygen atoms in total. The van der Waals surface area contributed by atoms with E-state index in [0.717, 1.165) is 25.1 Å². The summed E-state index contributed by atoms with van der Waals surface area (Å²) in [5, 5.41) is 3.35. The number of pyridine rings is 2. The van der Waals surface area contributed by atoms with Gasteiger partial charge >= 0.3 is 0 Å². The Hall–Kier alpha value is -2.24. The third-order valence-electron chi connectivity index (χ3n) is 4.35. The summed E-state index contributed by atoms with van der Waals surface area (Å²) in [5.41, 5.74) is 2.03. The van der Waals surface area contributed by atoms with Gasteiger partial charge in [-0.2, -0.15) is 0 Å². The van der Waals surface area contributed by atoms with Gasteiger partial charge in [-0.1, -0.05) is 0 Å². The van der Waals surface area contributed by atoms with Gasteiger partial charge in [-0.3, -0.25) is 9.78 Å².